The van der Waals surface area contributed by atoms with Gasteiger partial charge < -0.3 is 14.4 Å². The second-order valence-corrected chi connectivity index (χ2v) is 8.27. The average Bonchev–Trinajstić information content (AvgIpc) is 3.48. The van der Waals surface area contributed by atoms with Crippen LogP contribution in [0.15, 0.2) is 54.6 Å². The molecule has 0 spiro atoms. The van der Waals surface area contributed by atoms with Gasteiger partial charge in [-0.25, -0.2) is 4.79 Å². The van der Waals surface area contributed by atoms with Crippen molar-refractivity contribution in [1.82, 2.24) is 4.90 Å². The Labute approximate surface area is 178 Å². The topological polar surface area (TPSA) is 55.8 Å². The summed E-state index contributed by atoms with van der Waals surface area (Å²) >= 11 is 0. The number of nitrogens with zero attached hydrogens (tertiary/aromatic N) is 1. The lowest BCUT2D eigenvalue weighted by molar-refractivity contribution is -0.156. The van der Waals surface area contributed by atoms with Crippen molar-refractivity contribution in [2.24, 2.45) is 0 Å². The number of ether oxygens (including phenoxy) is 2. The van der Waals surface area contributed by atoms with Crippen molar-refractivity contribution in [3.63, 3.8) is 0 Å². The Morgan fingerprint density at radius 3 is 2.37 bits per heavy atom. The van der Waals surface area contributed by atoms with E-state index in [0.29, 0.717) is 13.0 Å². The molecule has 5 nitrogen and oxygen atoms in total. The molecule has 1 saturated heterocycles. The summed E-state index contributed by atoms with van der Waals surface area (Å²) in [5.41, 5.74) is 1.43. The van der Waals surface area contributed by atoms with Crippen LogP contribution in [0.2, 0.25) is 0 Å². The minimum Gasteiger partial charge on any atom is -0.497 e. The molecule has 1 aliphatic heterocycles. The predicted molar refractivity (Wildman–Crippen MR) is 114 cm³/mol. The van der Waals surface area contributed by atoms with E-state index in [0.717, 1.165) is 49.0 Å². The Morgan fingerprint density at radius 2 is 1.70 bits per heavy atom. The molecule has 1 heterocycles. The van der Waals surface area contributed by atoms with E-state index in [1.807, 2.05) is 54.6 Å². The van der Waals surface area contributed by atoms with Crippen LogP contribution in [-0.2, 0) is 26.3 Å². The van der Waals surface area contributed by atoms with E-state index in [2.05, 4.69) is 0 Å². The number of carbonyl (C=O) groups is 2. The predicted octanol–water partition coefficient (Wildman–Crippen LogP) is 4.24. The molecule has 158 valence electrons. The number of benzene rings is 2. The maximum absolute atomic E-state index is 13.8. The van der Waals surface area contributed by atoms with Gasteiger partial charge in [0, 0.05) is 6.54 Å². The molecule has 2 aliphatic rings. The van der Waals surface area contributed by atoms with Crippen LogP contribution in [0.25, 0.3) is 0 Å². The number of esters is 1. The van der Waals surface area contributed by atoms with Gasteiger partial charge in [0.05, 0.1) is 12.5 Å². The zero-order valence-corrected chi connectivity index (χ0v) is 17.5. The fourth-order valence-electron chi connectivity index (χ4n) is 4.87. The molecule has 2 aromatic rings. The van der Waals surface area contributed by atoms with Crippen molar-refractivity contribution in [3.05, 3.63) is 65.7 Å². The summed E-state index contributed by atoms with van der Waals surface area (Å²) in [7, 11) is 1.64. The first-order chi connectivity index (χ1) is 14.6. The molecular formula is C25H29NO4. The summed E-state index contributed by atoms with van der Waals surface area (Å²) in [5, 5.41) is 0. The Kier molecular flexibility index (Phi) is 6.07. The Morgan fingerprint density at radius 1 is 1.00 bits per heavy atom. The summed E-state index contributed by atoms with van der Waals surface area (Å²) in [6, 6.07) is 17.0. The van der Waals surface area contributed by atoms with Gasteiger partial charge in [0.1, 0.15) is 18.4 Å². The number of amides is 1. The number of likely N-dealkylation sites (tertiary alicyclic amines) is 1. The molecule has 2 fully saturated rings. The van der Waals surface area contributed by atoms with E-state index >= 15 is 0 Å². The van der Waals surface area contributed by atoms with Gasteiger partial charge in [0.25, 0.3) is 0 Å². The van der Waals surface area contributed by atoms with E-state index in [1.165, 1.54) is 0 Å². The van der Waals surface area contributed by atoms with Crippen molar-refractivity contribution >= 4 is 11.9 Å². The van der Waals surface area contributed by atoms with Crippen LogP contribution in [0.5, 0.6) is 5.75 Å². The van der Waals surface area contributed by atoms with Gasteiger partial charge in [0.2, 0.25) is 5.91 Å². The molecule has 30 heavy (non-hydrogen) atoms. The average molecular weight is 408 g/mol. The molecule has 1 atom stereocenters. The molecule has 0 N–H and O–H groups in total. The minimum absolute atomic E-state index is 0.0735. The van der Waals surface area contributed by atoms with E-state index in [4.69, 9.17) is 9.47 Å². The summed E-state index contributed by atoms with van der Waals surface area (Å²) in [6.07, 6.45) is 5.18. The van der Waals surface area contributed by atoms with Crippen LogP contribution in [0.4, 0.5) is 0 Å². The maximum Gasteiger partial charge on any atom is 0.329 e. The van der Waals surface area contributed by atoms with Gasteiger partial charge in [-0.2, -0.15) is 0 Å². The summed E-state index contributed by atoms with van der Waals surface area (Å²) in [4.78, 5) is 28.4. The SMILES string of the molecule is COc1ccc(C2(C(=O)N3CCC[C@@H]3C(=O)OCc3ccccc3)CCCC2)cc1. The molecule has 4 rings (SSSR count). The molecule has 0 bridgehead atoms. The first-order valence-electron chi connectivity index (χ1n) is 10.8. The number of methoxy groups -OCH3 is 1. The molecule has 2 aromatic carbocycles. The lowest BCUT2D eigenvalue weighted by Gasteiger charge is -2.35. The quantitative estimate of drug-likeness (QED) is 0.672. The zero-order valence-electron chi connectivity index (χ0n) is 17.5. The van der Waals surface area contributed by atoms with Crippen LogP contribution in [-0.4, -0.2) is 36.5 Å². The van der Waals surface area contributed by atoms with Gasteiger partial charge in [-0.3, -0.25) is 4.79 Å². The Bertz CT molecular complexity index is 872. The first-order valence-corrected chi connectivity index (χ1v) is 10.8. The molecule has 1 amide bonds. The second-order valence-electron chi connectivity index (χ2n) is 8.27. The van der Waals surface area contributed by atoms with Crippen LogP contribution in [0.3, 0.4) is 0 Å². The molecule has 0 aromatic heterocycles. The van der Waals surface area contributed by atoms with E-state index < -0.39 is 11.5 Å². The number of hydrogen-bond acceptors (Lipinski definition) is 4. The molecule has 0 radical (unpaired) electrons. The van der Waals surface area contributed by atoms with E-state index in [-0.39, 0.29) is 18.5 Å². The molecule has 0 unspecified atom stereocenters. The standard InChI is InChI=1S/C25H29NO4/c1-29-21-13-11-20(12-14-21)25(15-5-6-16-25)24(28)26-17-7-10-22(26)23(27)30-18-19-8-3-2-4-9-19/h2-4,8-9,11-14,22H,5-7,10,15-18H2,1H3/t22-/m1/s1. The summed E-state index contributed by atoms with van der Waals surface area (Å²) in [6.45, 7) is 0.851. The van der Waals surface area contributed by atoms with Crippen LogP contribution < -0.4 is 4.74 Å². The highest BCUT2D eigenvalue weighted by Crippen LogP contribution is 2.44. The van der Waals surface area contributed by atoms with Crippen molar-refractivity contribution in [2.45, 2.75) is 56.6 Å². The zero-order chi connectivity index (χ0) is 21.0. The molecule has 1 aliphatic carbocycles. The van der Waals surface area contributed by atoms with Crippen LogP contribution in [0.1, 0.15) is 49.7 Å². The van der Waals surface area contributed by atoms with Crippen molar-refractivity contribution in [2.75, 3.05) is 13.7 Å². The highest BCUT2D eigenvalue weighted by Gasteiger charge is 2.48. The highest BCUT2D eigenvalue weighted by atomic mass is 16.5. The van der Waals surface area contributed by atoms with Crippen LogP contribution in [0, 0.1) is 0 Å². The molecule has 1 saturated carbocycles. The summed E-state index contributed by atoms with van der Waals surface area (Å²) < 4.78 is 10.9. The van der Waals surface area contributed by atoms with Gasteiger partial charge in [0.15, 0.2) is 0 Å². The normalized spacial score (nSPS) is 20.2. The van der Waals surface area contributed by atoms with E-state index in [1.54, 1.807) is 12.0 Å². The third-order valence-electron chi connectivity index (χ3n) is 6.52. The fourth-order valence-corrected chi connectivity index (χ4v) is 4.87. The third-order valence-corrected chi connectivity index (χ3v) is 6.52. The van der Waals surface area contributed by atoms with Gasteiger partial charge in [-0.05, 0) is 48.9 Å². The smallest absolute Gasteiger partial charge is 0.329 e. The van der Waals surface area contributed by atoms with Gasteiger partial charge >= 0.3 is 5.97 Å². The largest absolute Gasteiger partial charge is 0.497 e. The van der Waals surface area contributed by atoms with Crippen LogP contribution >= 0.6 is 0 Å². The maximum atomic E-state index is 13.8. The highest BCUT2D eigenvalue weighted by molar-refractivity contribution is 5.92. The monoisotopic (exact) mass is 407 g/mol. The lowest BCUT2D eigenvalue weighted by Crippen LogP contribution is -2.50. The van der Waals surface area contributed by atoms with Gasteiger partial charge in [-0.1, -0.05) is 55.3 Å². The lowest BCUT2D eigenvalue weighted by atomic mass is 9.77. The first kappa shape index (κ1) is 20.5. The van der Waals surface area contributed by atoms with E-state index in [9.17, 15) is 9.59 Å². The minimum atomic E-state index is -0.547. The van der Waals surface area contributed by atoms with Crippen molar-refractivity contribution in [1.29, 1.82) is 0 Å². The number of rotatable bonds is 6. The molecule has 5 heteroatoms. The van der Waals surface area contributed by atoms with Crippen molar-refractivity contribution in [3.8, 4) is 5.75 Å². The number of carbonyl (C=O) groups excluding carboxylic acids is 2. The Balaban J connectivity index is 1.51. The summed E-state index contributed by atoms with van der Waals surface area (Å²) in [5.74, 6) is 0.555. The molecular weight excluding hydrogens is 378 g/mol. The Hall–Kier alpha value is -2.82. The number of hydrogen-bond donors (Lipinski definition) is 0. The third kappa shape index (κ3) is 3.93. The second kappa shape index (κ2) is 8.90. The van der Waals surface area contributed by atoms with Crippen molar-refractivity contribution < 1.29 is 19.1 Å². The van der Waals surface area contributed by atoms with Gasteiger partial charge in [-0.15, -0.1) is 0 Å². The fraction of sp³-hybridized carbons (Fsp3) is 0.440.